The van der Waals surface area contributed by atoms with E-state index in [0.29, 0.717) is 4.64 Å². The molecule has 0 saturated heterocycles. The number of hydrogen-bond acceptors (Lipinski definition) is 3. The first-order chi connectivity index (χ1) is 5.27. The van der Waals surface area contributed by atoms with Gasteiger partial charge in [-0.2, -0.15) is 0 Å². The third-order valence-electron chi connectivity index (χ3n) is 1.27. The van der Waals surface area contributed by atoms with Gasteiger partial charge in [0.2, 0.25) is 0 Å². The molecule has 56 valence electrons. The molecule has 0 unspecified atom stereocenters. The number of H-pyrrole nitrogens is 2. The highest BCUT2D eigenvalue weighted by molar-refractivity contribution is 14.1. The first kappa shape index (κ1) is 7.17. The molecule has 2 heterocycles. The van der Waals surface area contributed by atoms with Gasteiger partial charge in [0, 0.05) is 0 Å². The van der Waals surface area contributed by atoms with Crippen LogP contribution < -0.4 is 0 Å². The normalized spacial score (nSPS) is 10.6. The summed E-state index contributed by atoms with van der Waals surface area (Å²) in [6.07, 6.45) is 1.59. The second-order valence-electron chi connectivity index (χ2n) is 1.96. The number of nitrogens with one attached hydrogen (secondary N) is 2. The Hall–Kier alpha value is -0.500. The number of rotatable bonds is 0. The average Bonchev–Trinajstić information content (AvgIpc) is 2.34. The summed E-state index contributed by atoms with van der Waals surface area (Å²) < 4.78 is 1.31. The van der Waals surface area contributed by atoms with Crippen LogP contribution >= 0.6 is 34.8 Å². The highest BCUT2D eigenvalue weighted by atomic mass is 127. The summed E-state index contributed by atoms with van der Waals surface area (Å²) in [7, 11) is 0. The minimum absolute atomic E-state index is 0.556. The molecule has 2 rings (SSSR count). The van der Waals surface area contributed by atoms with Crippen molar-refractivity contribution in [1.82, 2.24) is 19.9 Å². The molecular weight excluding hydrogens is 275 g/mol. The van der Waals surface area contributed by atoms with Crippen molar-refractivity contribution >= 4 is 46.0 Å². The lowest BCUT2D eigenvalue weighted by Crippen LogP contribution is -1.88. The van der Waals surface area contributed by atoms with Crippen LogP contribution in [-0.2, 0) is 0 Å². The van der Waals surface area contributed by atoms with E-state index in [1.54, 1.807) is 6.33 Å². The molecule has 2 N–H and O–H groups in total. The van der Waals surface area contributed by atoms with E-state index in [9.17, 15) is 0 Å². The number of aromatic amines is 2. The van der Waals surface area contributed by atoms with E-state index < -0.39 is 0 Å². The number of halogens is 1. The van der Waals surface area contributed by atoms with Crippen molar-refractivity contribution in [3.05, 3.63) is 14.8 Å². The van der Waals surface area contributed by atoms with Crippen LogP contribution in [0, 0.1) is 8.47 Å². The number of hydrogen-bond donors (Lipinski definition) is 2. The van der Waals surface area contributed by atoms with E-state index in [-0.39, 0.29) is 0 Å². The molecule has 4 nitrogen and oxygen atoms in total. The molecule has 0 spiro atoms. The SMILES string of the molecule is S=c1nc(I)[nH]c2nc[nH]c12. The maximum atomic E-state index is 4.99. The average molecular weight is 278 g/mol. The van der Waals surface area contributed by atoms with E-state index in [2.05, 4.69) is 42.5 Å². The fourth-order valence-corrected chi connectivity index (χ4v) is 1.73. The summed E-state index contributed by atoms with van der Waals surface area (Å²) in [5, 5.41) is 0. The van der Waals surface area contributed by atoms with E-state index in [1.807, 2.05) is 0 Å². The number of fused-ring (bicyclic) bond motifs is 1. The van der Waals surface area contributed by atoms with Gasteiger partial charge in [-0.05, 0) is 22.6 Å². The van der Waals surface area contributed by atoms with Crippen LogP contribution in [0.1, 0.15) is 0 Å². The summed E-state index contributed by atoms with van der Waals surface area (Å²) in [5.74, 6) is 0. The topological polar surface area (TPSA) is 57.4 Å². The van der Waals surface area contributed by atoms with Crippen molar-refractivity contribution in [2.75, 3.05) is 0 Å². The monoisotopic (exact) mass is 278 g/mol. The summed E-state index contributed by atoms with van der Waals surface area (Å²) >= 11 is 7.05. The van der Waals surface area contributed by atoms with E-state index in [4.69, 9.17) is 12.2 Å². The van der Waals surface area contributed by atoms with Crippen LogP contribution in [0.15, 0.2) is 6.33 Å². The Morgan fingerprint density at radius 2 is 2.36 bits per heavy atom. The van der Waals surface area contributed by atoms with Gasteiger partial charge in [-0.3, -0.25) is 0 Å². The predicted molar refractivity (Wildman–Crippen MR) is 51.8 cm³/mol. The van der Waals surface area contributed by atoms with Crippen LogP contribution in [0.2, 0.25) is 0 Å². The quantitative estimate of drug-likeness (QED) is 0.437. The van der Waals surface area contributed by atoms with E-state index >= 15 is 0 Å². The third kappa shape index (κ3) is 1.16. The second kappa shape index (κ2) is 2.52. The molecule has 0 aliphatic heterocycles. The lowest BCUT2D eigenvalue weighted by molar-refractivity contribution is 1.12. The first-order valence-electron chi connectivity index (χ1n) is 2.86. The summed E-state index contributed by atoms with van der Waals surface area (Å²) in [4.78, 5) is 13.9. The lowest BCUT2D eigenvalue weighted by atomic mass is 10.6. The number of imidazole rings is 1. The summed E-state index contributed by atoms with van der Waals surface area (Å²) in [6.45, 7) is 0. The highest BCUT2D eigenvalue weighted by Crippen LogP contribution is 2.07. The molecule has 0 bridgehead atoms. The van der Waals surface area contributed by atoms with E-state index in [1.165, 1.54) is 0 Å². The van der Waals surface area contributed by atoms with Crippen molar-refractivity contribution in [3.8, 4) is 0 Å². The van der Waals surface area contributed by atoms with Gasteiger partial charge < -0.3 is 9.97 Å². The molecule has 0 radical (unpaired) electrons. The highest BCUT2D eigenvalue weighted by Gasteiger charge is 1.99. The minimum Gasteiger partial charge on any atom is -0.341 e. The fraction of sp³-hybridized carbons (Fsp3) is 0. The van der Waals surface area contributed by atoms with E-state index in [0.717, 1.165) is 15.0 Å². The maximum Gasteiger partial charge on any atom is 0.171 e. The molecular formula is C5H3IN4S. The van der Waals surface area contributed by atoms with Gasteiger partial charge in [-0.1, -0.05) is 12.2 Å². The number of aromatic nitrogens is 4. The van der Waals surface area contributed by atoms with Crippen molar-refractivity contribution < 1.29 is 0 Å². The molecule has 0 aromatic carbocycles. The Morgan fingerprint density at radius 3 is 3.18 bits per heavy atom. The van der Waals surface area contributed by atoms with Gasteiger partial charge in [0.25, 0.3) is 0 Å². The Balaban J connectivity index is 3.02. The minimum atomic E-state index is 0.556. The van der Waals surface area contributed by atoms with Crippen molar-refractivity contribution in [3.63, 3.8) is 0 Å². The lowest BCUT2D eigenvalue weighted by Gasteiger charge is -1.89. The van der Waals surface area contributed by atoms with Gasteiger partial charge in [0.15, 0.2) is 14.1 Å². The standard InChI is InChI=1S/C5H3IN4S/c6-5-9-3-2(4(11)10-5)7-1-8-3/h1H,(H2,7,8,9,10,11). The zero-order chi connectivity index (χ0) is 7.84. The van der Waals surface area contributed by atoms with Crippen LogP contribution in [-0.4, -0.2) is 19.9 Å². The fourth-order valence-electron chi connectivity index (χ4n) is 0.823. The Labute approximate surface area is 80.6 Å². The Kier molecular flexibility index (Phi) is 1.64. The number of nitrogens with zero attached hydrogens (tertiary/aromatic N) is 2. The molecule has 0 amide bonds. The largest absolute Gasteiger partial charge is 0.341 e. The van der Waals surface area contributed by atoms with Gasteiger partial charge in [-0.25, -0.2) is 9.97 Å². The van der Waals surface area contributed by atoms with Crippen molar-refractivity contribution in [1.29, 1.82) is 0 Å². The smallest absolute Gasteiger partial charge is 0.171 e. The molecule has 2 aromatic rings. The maximum absolute atomic E-state index is 4.99. The van der Waals surface area contributed by atoms with Crippen molar-refractivity contribution in [2.24, 2.45) is 0 Å². The first-order valence-corrected chi connectivity index (χ1v) is 4.35. The van der Waals surface area contributed by atoms with Crippen LogP contribution in [0.5, 0.6) is 0 Å². The Morgan fingerprint density at radius 1 is 1.55 bits per heavy atom. The molecule has 6 heteroatoms. The molecule has 0 saturated carbocycles. The summed E-state index contributed by atoms with van der Waals surface area (Å²) in [6, 6.07) is 0. The molecule has 0 atom stereocenters. The van der Waals surface area contributed by atoms with Gasteiger partial charge in [-0.15, -0.1) is 0 Å². The van der Waals surface area contributed by atoms with Crippen LogP contribution in [0.25, 0.3) is 11.2 Å². The Bertz CT molecular complexity index is 445. The molecule has 0 fully saturated rings. The van der Waals surface area contributed by atoms with Crippen LogP contribution in [0.3, 0.4) is 0 Å². The summed E-state index contributed by atoms with van der Waals surface area (Å²) in [5.41, 5.74) is 1.55. The van der Waals surface area contributed by atoms with Gasteiger partial charge in [0.05, 0.1) is 6.33 Å². The zero-order valence-electron chi connectivity index (χ0n) is 5.26. The molecule has 2 aromatic heterocycles. The van der Waals surface area contributed by atoms with Crippen LogP contribution in [0.4, 0.5) is 0 Å². The molecule has 0 aliphatic rings. The predicted octanol–water partition coefficient (Wildman–Crippen LogP) is 1.62. The third-order valence-corrected chi connectivity index (χ3v) is 2.08. The van der Waals surface area contributed by atoms with Crippen molar-refractivity contribution in [2.45, 2.75) is 0 Å². The zero-order valence-corrected chi connectivity index (χ0v) is 8.23. The van der Waals surface area contributed by atoms with Gasteiger partial charge >= 0.3 is 0 Å². The van der Waals surface area contributed by atoms with Gasteiger partial charge in [0.1, 0.15) is 5.52 Å². The molecule has 11 heavy (non-hydrogen) atoms. The molecule has 0 aliphatic carbocycles. The second-order valence-corrected chi connectivity index (χ2v) is 3.37.